The summed E-state index contributed by atoms with van der Waals surface area (Å²) in [6.07, 6.45) is 1.22. The lowest BCUT2D eigenvalue weighted by atomic mass is 10.3. The second kappa shape index (κ2) is 3.27. The first-order chi connectivity index (χ1) is 5.86. The van der Waals surface area contributed by atoms with Gasteiger partial charge in [-0.05, 0) is 30.4 Å². The summed E-state index contributed by atoms with van der Waals surface area (Å²) in [5.41, 5.74) is 7.77. The van der Waals surface area contributed by atoms with Crippen LogP contribution in [0.2, 0.25) is 0 Å². The SMILES string of the molecule is Nc1ccc2c(c1)SCCCN2. The Hall–Kier alpha value is -0.830. The van der Waals surface area contributed by atoms with E-state index in [2.05, 4.69) is 11.4 Å². The Morgan fingerprint density at radius 3 is 3.25 bits per heavy atom. The van der Waals surface area contributed by atoms with E-state index < -0.39 is 0 Å². The van der Waals surface area contributed by atoms with Crippen LogP contribution in [-0.2, 0) is 0 Å². The zero-order valence-corrected chi connectivity index (χ0v) is 7.66. The van der Waals surface area contributed by atoms with Gasteiger partial charge in [0, 0.05) is 22.8 Å². The fourth-order valence-electron chi connectivity index (χ4n) is 1.28. The van der Waals surface area contributed by atoms with Crippen LogP contribution >= 0.6 is 11.8 Å². The minimum absolute atomic E-state index is 0.852. The molecule has 1 aromatic rings. The summed E-state index contributed by atoms with van der Waals surface area (Å²) in [6.45, 7) is 1.07. The van der Waals surface area contributed by atoms with E-state index >= 15 is 0 Å². The topological polar surface area (TPSA) is 38.0 Å². The third kappa shape index (κ3) is 1.50. The van der Waals surface area contributed by atoms with Crippen LogP contribution in [0.25, 0.3) is 0 Å². The number of anilines is 2. The molecule has 0 amide bonds. The van der Waals surface area contributed by atoms with E-state index in [-0.39, 0.29) is 0 Å². The molecule has 0 radical (unpaired) electrons. The maximum Gasteiger partial charge on any atom is 0.0479 e. The molecule has 0 saturated heterocycles. The summed E-state index contributed by atoms with van der Waals surface area (Å²) in [6, 6.07) is 6.04. The Balaban J connectivity index is 2.36. The molecule has 3 N–H and O–H groups in total. The highest BCUT2D eigenvalue weighted by molar-refractivity contribution is 7.99. The Kier molecular flexibility index (Phi) is 2.13. The van der Waals surface area contributed by atoms with Crippen LogP contribution in [-0.4, -0.2) is 12.3 Å². The molecule has 12 heavy (non-hydrogen) atoms. The second-order valence-corrected chi connectivity index (χ2v) is 4.02. The minimum atomic E-state index is 0.852. The van der Waals surface area contributed by atoms with Gasteiger partial charge in [0.1, 0.15) is 0 Å². The number of hydrogen-bond donors (Lipinski definition) is 2. The van der Waals surface area contributed by atoms with Gasteiger partial charge in [0.15, 0.2) is 0 Å². The molecule has 0 aromatic heterocycles. The van der Waals surface area contributed by atoms with E-state index in [1.807, 2.05) is 23.9 Å². The molecule has 1 aliphatic heterocycles. The van der Waals surface area contributed by atoms with Crippen LogP contribution in [0.5, 0.6) is 0 Å². The lowest BCUT2D eigenvalue weighted by Gasteiger charge is -2.06. The minimum Gasteiger partial charge on any atom is -0.399 e. The second-order valence-electron chi connectivity index (χ2n) is 2.88. The molecule has 0 atom stereocenters. The van der Waals surface area contributed by atoms with Crippen LogP contribution < -0.4 is 11.1 Å². The van der Waals surface area contributed by atoms with Gasteiger partial charge in [0.05, 0.1) is 0 Å². The number of nitrogens with two attached hydrogens (primary N) is 1. The molecular formula is C9H12N2S. The Bertz CT molecular complexity index is 286. The lowest BCUT2D eigenvalue weighted by molar-refractivity contribution is 0.999. The van der Waals surface area contributed by atoms with E-state index in [4.69, 9.17) is 5.73 Å². The molecule has 0 bridgehead atoms. The summed E-state index contributed by atoms with van der Waals surface area (Å²) >= 11 is 1.88. The third-order valence-corrected chi connectivity index (χ3v) is 3.04. The van der Waals surface area contributed by atoms with Gasteiger partial charge in [0.2, 0.25) is 0 Å². The molecular weight excluding hydrogens is 168 g/mol. The van der Waals surface area contributed by atoms with Crippen molar-refractivity contribution < 1.29 is 0 Å². The van der Waals surface area contributed by atoms with Gasteiger partial charge in [-0.2, -0.15) is 0 Å². The van der Waals surface area contributed by atoms with Gasteiger partial charge in [-0.15, -0.1) is 11.8 Å². The fraction of sp³-hybridized carbons (Fsp3) is 0.333. The Morgan fingerprint density at radius 2 is 2.33 bits per heavy atom. The maximum absolute atomic E-state index is 5.69. The van der Waals surface area contributed by atoms with Crippen molar-refractivity contribution in [1.82, 2.24) is 0 Å². The van der Waals surface area contributed by atoms with Gasteiger partial charge < -0.3 is 11.1 Å². The van der Waals surface area contributed by atoms with E-state index in [0.717, 1.165) is 12.2 Å². The molecule has 0 fully saturated rings. The Labute approximate surface area is 76.5 Å². The van der Waals surface area contributed by atoms with Crippen molar-refractivity contribution in [1.29, 1.82) is 0 Å². The number of fused-ring (bicyclic) bond motifs is 1. The summed E-state index contributed by atoms with van der Waals surface area (Å²) in [5, 5.41) is 3.38. The van der Waals surface area contributed by atoms with Crippen molar-refractivity contribution in [3.63, 3.8) is 0 Å². The zero-order valence-electron chi connectivity index (χ0n) is 6.84. The quantitative estimate of drug-likeness (QED) is 0.601. The molecule has 0 unspecified atom stereocenters. The smallest absolute Gasteiger partial charge is 0.0479 e. The molecule has 1 heterocycles. The average Bonchev–Trinajstić information content (AvgIpc) is 2.28. The third-order valence-electron chi connectivity index (χ3n) is 1.90. The van der Waals surface area contributed by atoms with Crippen LogP contribution in [0.4, 0.5) is 11.4 Å². The number of nitrogen functional groups attached to an aromatic ring is 1. The van der Waals surface area contributed by atoms with Crippen LogP contribution in [0.15, 0.2) is 23.1 Å². The first kappa shape index (κ1) is 7.80. The summed E-state index contributed by atoms with van der Waals surface area (Å²) in [4.78, 5) is 1.28. The number of rotatable bonds is 0. The highest BCUT2D eigenvalue weighted by Gasteiger charge is 2.06. The predicted molar refractivity (Wildman–Crippen MR) is 54.7 cm³/mol. The van der Waals surface area contributed by atoms with E-state index in [1.54, 1.807) is 0 Å². The zero-order chi connectivity index (χ0) is 8.39. The fourth-order valence-corrected chi connectivity index (χ4v) is 2.31. The van der Waals surface area contributed by atoms with Gasteiger partial charge in [-0.3, -0.25) is 0 Å². The molecule has 0 spiro atoms. The van der Waals surface area contributed by atoms with Crippen molar-refractivity contribution in [2.24, 2.45) is 0 Å². The molecule has 64 valence electrons. The van der Waals surface area contributed by atoms with E-state index in [1.165, 1.54) is 22.8 Å². The van der Waals surface area contributed by atoms with Crippen LogP contribution in [0.1, 0.15) is 6.42 Å². The lowest BCUT2D eigenvalue weighted by Crippen LogP contribution is -1.99. The van der Waals surface area contributed by atoms with Gasteiger partial charge in [-0.1, -0.05) is 0 Å². The number of thioether (sulfide) groups is 1. The summed E-state index contributed by atoms with van der Waals surface area (Å²) in [7, 11) is 0. The molecule has 0 saturated carbocycles. The van der Waals surface area contributed by atoms with E-state index in [0.29, 0.717) is 0 Å². The predicted octanol–water partition coefficient (Wildman–Crippen LogP) is 2.18. The van der Waals surface area contributed by atoms with Gasteiger partial charge >= 0.3 is 0 Å². The molecule has 2 rings (SSSR count). The molecule has 1 aliphatic rings. The normalized spacial score (nSPS) is 16.0. The van der Waals surface area contributed by atoms with Crippen molar-refractivity contribution >= 4 is 23.1 Å². The number of hydrogen-bond acceptors (Lipinski definition) is 3. The van der Waals surface area contributed by atoms with Crippen LogP contribution in [0.3, 0.4) is 0 Å². The Morgan fingerprint density at radius 1 is 1.42 bits per heavy atom. The number of nitrogens with one attached hydrogen (secondary N) is 1. The standard InChI is InChI=1S/C9H12N2S/c10-7-2-3-8-9(6-7)12-5-1-4-11-8/h2-3,6,11H,1,4-5,10H2. The largest absolute Gasteiger partial charge is 0.399 e. The van der Waals surface area contributed by atoms with Crippen molar-refractivity contribution in [2.75, 3.05) is 23.3 Å². The molecule has 0 aliphatic carbocycles. The molecule has 1 aromatic carbocycles. The maximum atomic E-state index is 5.69. The van der Waals surface area contributed by atoms with Crippen molar-refractivity contribution in [2.45, 2.75) is 11.3 Å². The first-order valence-corrected chi connectivity index (χ1v) is 5.11. The van der Waals surface area contributed by atoms with Gasteiger partial charge in [-0.25, -0.2) is 0 Å². The van der Waals surface area contributed by atoms with Crippen molar-refractivity contribution in [3.05, 3.63) is 18.2 Å². The van der Waals surface area contributed by atoms with Crippen molar-refractivity contribution in [3.8, 4) is 0 Å². The van der Waals surface area contributed by atoms with Crippen LogP contribution in [0, 0.1) is 0 Å². The number of benzene rings is 1. The monoisotopic (exact) mass is 180 g/mol. The van der Waals surface area contributed by atoms with E-state index in [9.17, 15) is 0 Å². The average molecular weight is 180 g/mol. The molecule has 2 nitrogen and oxygen atoms in total. The van der Waals surface area contributed by atoms with Gasteiger partial charge in [0.25, 0.3) is 0 Å². The highest BCUT2D eigenvalue weighted by atomic mass is 32.2. The highest BCUT2D eigenvalue weighted by Crippen LogP contribution is 2.31. The first-order valence-electron chi connectivity index (χ1n) is 4.12. The summed E-state index contributed by atoms with van der Waals surface area (Å²) < 4.78 is 0. The molecule has 3 heteroatoms. The summed E-state index contributed by atoms with van der Waals surface area (Å²) in [5.74, 6) is 1.18.